The van der Waals surface area contributed by atoms with E-state index < -0.39 is 11.9 Å². The largest absolute Gasteiger partial charge is 0.369 e. The fraction of sp³-hybridized carbons (Fsp3) is 0.500. The van der Waals surface area contributed by atoms with Crippen LogP contribution in [0, 0.1) is 0 Å². The zero-order valence-electron chi connectivity index (χ0n) is 7.39. The Morgan fingerprint density at radius 1 is 1.58 bits per heavy atom. The number of hydrogen-bond acceptors (Lipinski definition) is 3. The molecule has 0 unspecified atom stereocenters. The molecule has 0 radical (unpaired) electrons. The third-order valence-electron chi connectivity index (χ3n) is 1.50. The molecule has 0 spiro atoms. The summed E-state index contributed by atoms with van der Waals surface area (Å²) in [5.74, 6) is -0.537. The van der Waals surface area contributed by atoms with Crippen LogP contribution >= 0.6 is 0 Å². The number of carbonyl (C=O) groups is 2. The van der Waals surface area contributed by atoms with Gasteiger partial charge in [-0.15, -0.1) is 0 Å². The molecule has 0 saturated carbocycles. The number of ketones is 1. The van der Waals surface area contributed by atoms with Crippen molar-refractivity contribution in [3.05, 3.63) is 12.2 Å². The van der Waals surface area contributed by atoms with Crippen LogP contribution in [0.3, 0.4) is 0 Å². The van der Waals surface area contributed by atoms with Crippen molar-refractivity contribution >= 4 is 11.7 Å². The van der Waals surface area contributed by atoms with E-state index in [0.29, 0.717) is 5.57 Å². The van der Waals surface area contributed by atoms with Gasteiger partial charge in [-0.25, -0.2) is 0 Å². The van der Waals surface area contributed by atoms with E-state index in [4.69, 9.17) is 5.73 Å². The number of Topliss-reactive ketones (excluding diaryl/α,β-unsaturated/α-hetero) is 1. The Morgan fingerprint density at radius 3 is 2.33 bits per heavy atom. The van der Waals surface area contributed by atoms with Crippen LogP contribution in [0.25, 0.3) is 0 Å². The second kappa shape index (κ2) is 4.66. The SMILES string of the molecule is C=C(CC(N)=O)[C@@H](NC)C(C)=O. The van der Waals surface area contributed by atoms with Gasteiger partial charge >= 0.3 is 0 Å². The van der Waals surface area contributed by atoms with Crippen LogP contribution in [0.5, 0.6) is 0 Å². The van der Waals surface area contributed by atoms with Gasteiger partial charge in [0.25, 0.3) is 0 Å². The Bertz CT molecular complexity index is 211. The third kappa shape index (κ3) is 3.30. The molecule has 0 aliphatic rings. The maximum absolute atomic E-state index is 10.9. The highest BCUT2D eigenvalue weighted by Crippen LogP contribution is 2.04. The molecule has 0 aromatic rings. The highest BCUT2D eigenvalue weighted by molar-refractivity contribution is 5.87. The lowest BCUT2D eigenvalue weighted by Gasteiger charge is -2.13. The highest BCUT2D eigenvalue weighted by Gasteiger charge is 2.16. The Balaban J connectivity index is 4.22. The van der Waals surface area contributed by atoms with Crippen molar-refractivity contribution in [1.82, 2.24) is 5.32 Å². The average molecular weight is 170 g/mol. The summed E-state index contributed by atoms with van der Waals surface area (Å²) >= 11 is 0. The van der Waals surface area contributed by atoms with Crippen LogP contribution in [-0.2, 0) is 9.59 Å². The molecule has 0 fully saturated rings. The van der Waals surface area contributed by atoms with E-state index in [1.165, 1.54) is 6.92 Å². The number of hydrogen-bond donors (Lipinski definition) is 2. The Hall–Kier alpha value is -1.16. The van der Waals surface area contributed by atoms with Crippen molar-refractivity contribution in [2.75, 3.05) is 7.05 Å². The molecule has 0 bridgehead atoms. The van der Waals surface area contributed by atoms with E-state index in [1.54, 1.807) is 7.05 Å². The molecule has 4 heteroatoms. The van der Waals surface area contributed by atoms with Gasteiger partial charge in [0.1, 0.15) is 0 Å². The van der Waals surface area contributed by atoms with Crippen LogP contribution in [0.15, 0.2) is 12.2 Å². The quantitative estimate of drug-likeness (QED) is 0.551. The summed E-state index contributed by atoms with van der Waals surface area (Å²) in [4.78, 5) is 21.4. The fourth-order valence-electron chi connectivity index (χ4n) is 1.02. The van der Waals surface area contributed by atoms with Crippen LogP contribution in [0.4, 0.5) is 0 Å². The topological polar surface area (TPSA) is 72.2 Å². The lowest BCUT2D eigenvalue weighted by atomic mass is 10.0. The third-order valence-corrected chi connectivity index (χ3v) is 1.50. The second-order valence-corrected chi connectivity index (χ2v) is 2.63. The Kier molecular flexibility index (Phi) is 4.21. The van der Waals surface area contributed by atoms with E-state index in [1.807, 2.05) is 0 Å². The minimum Gasteiger partial charge on any atom is -0.369 e. The molecule has 0 heterocycles. The minimum atomic E-state index is -0.471. The molecule has 0 aliphatic heterocycles. The standard InChI is InChI=1S/C8H14N2O2/c1-5(4-7(9)12)8(10-3)6(2)11/h8,10H,1,4H2,2-3H3,(H2,9,12)/t8-/m1/s1. The predicted octanol–water partition coefficient (Wildman–Crippen LogP) is -0.405. The van der Waals surface area contributed by atoms with E-state index >= 15 is 0 Å². The monoisotopic (exact) mass is 170 g/mol. The summed E-state index contributed by atoms with van der Waals surface area (Å²) in [7, 11) is 1.64. The van der Waals surface area contributed by atoms with Gasteiger partial charge in [0.15, 0.2) is 5.78 Å². The number of nitrogens with two attached hydrogens (primary N) is 1. The number of carbonyl (C=O) groups excluding carboxylic acids is 2. The van der Waals surface area contributed by atoms with Gasteiger partial charge in [-0.3, -0.25) is 9.59 Å². The first-order valence-electron chi connectivity index (χ1n) is 3.62. The molecular weight excluding hydrogens is 156 g/mol. The van der Waals surface area contributed by atoms with Gasteiger partial charge in [-0.2, -0.15) is 0 Å². The van der Waals surface area contributed by atoms with Crippen molar-refractivity contribution in [1.29, 1.82) is 0 Å². The van der Waals surface area contributed by atoms with Gasteiger partial charge in [0.2, 0.25) is 5.91 Å². The molecule has 0 aromatic heterocycles. The van der Waals surface area contributed by atoms with Crippen LogP contribution in [0.2, 0.25) is 0 Å². The van der Waals surface area contributed by atoms with Gasteiger partial charge in [-0.1, -0.05) is 6.58 Å². The first kappa shape index (κ1) is 10.8. The number of nitrogens with one attached hydrogen (secondary N) is 1. The van der Waals surface area contributed by atoms with Crippen LogP contribution < -0.4 is 11.1 Å². The number of rotatable bonds is 5. The zero-order valence-corrected chi connectivity index (χ0v) is 7.39. The summed E-state index contributed by atoms with van der Waals surface area (Å²) in [6.45, 7) is 5.04. The molecular formula is C8H14N2O2. The normalized spacial score (nSPS) is 12.2. The van der Waals surface area contributed by atoms with E-state index in [9.17, 15) is 9.59 Å². The summed E-state index contributed by atoms with van der Waals surface area (Å²) in [5, 5.41) is 2.75. The van der Waals surface area contributed by atoms with Crippen LogP contribution in [0.1, 0.15) is 13.3 Å². The van der Waals surface area contributed by atoms with Crippen molar-refractivity contribution in [2.24, 2.45) is 5.73 Å². The maximum Gasteiger partial charge on any atom is 0.221 e. The van der Waals surface area contributed by atoms with Gasteiger partial charge in [0, 0.05) is 6.42 Å². The predicted molar refractivity (Wildman–Crippen MR) is 46.5 cm³/mol. The smallest absolute Gasteiger partial charge is 0.221 e. The molecule has 4 nitrogen and oxygen atoms in total. The molecule has 0 aromatic carbocycles. The summed E-state index contributed by atoms with van der Waals surface area (Å²) in [5.41, 5.74) is 5.46. The number of amides is 1. The second-order valence-electron chi connectivity index (χ2n) is 2.63. The molecule has 1 atom stereocenters. The first-order chi connectivity index (χ1) is 5.49. The minimum absolute atomic E-state index is 0.0467. The number of likely N-dealkylation sites (N-methyl/N-ethyl adjacent to an activating group) is 1. The van der Waals surface area contributed by atoms with E-state index in [0.717, 1.165) is 0 Å². The maximum atomic E-state index is 10.9. The van der Waals surface area contributed by atoms with Gasteiger partial charge < -0.3 is 11.1 Å². The van der Waals surface area contributed by atoms with E-state index in [-0.39, 0.29) is 12.2 Å². The highest BCUT2D eigenvalue weighted by atomic mass is 16.1. The summed E-state index contributed by atoms with van der Waals surface area (Å²) in [6, 6.07) is -0.461. The fourth-order valence-corrected chi connectivity index (χ4v) is 1.02. The number of primary amides is 1. The van der Waals surface area contributed by atoms with Crippen molar-refractivity contribution in [3.8, 4) is 0 Å². The lowest BCUT2D eigenvalue weighted by molar-refractivity contribution is -0.118. The molecule has 0 saturated heterocycles. The van der Waals surface area contributed by atoms with Crippen molar-refractivity contribution in [2.45, 2.75) is 19.4 Å². The molecule has 1 amide bonds. The lowest BCUT2D eigenvalue weighted by Crippen LogP contribution is -2.35. The first-order valence-corrected chi connectivity index (χ1v) is 3.62. The molecule has 12 heavy (non-hydrogen) atoms. The Morgan fingerprint density at radius 2 is 2.08 bits per heavy atom. The molecule has 68 valence electrons. The summed E-state index contributed by atoms with van der Waals surface area (Å²) in [6.07, 6.45) is 0.0467. The zero-order chi connectivity index (χ0) is 9.72. The van der Waals surface area contributed by atoms with Crippen LogP contribution in [-0.4, -0.2) is 24.8 Å². The summed E-state index contributed by atoms with van der Waals surface area (Å²) < 4.78 is 0. The molecule has 0 aliphatic carbocycles. The van der Waals surface area contributed by atoms with E-state index in [2.05, 4.69) is 11.9 Å². The van der Waals surface area contributed by atoms with Crippen molar-refractivity contribution in [3.63, 3.8) is 0 Å². The molecule has 3 N–H and O–H groups in total. The Labute approximate surface area is 71.8 Å². The average Bonchev–Trinajstić information content (AvgIpc) is 1.85. The van der Waals surface area contributed by atoms with Crippen molar-refractivity contribution < 1.29 is 9.59 Å². The van der Waals surface area contributed by atoms with Gasteiger partial charge in [0.05, 0.1) is 6.04 Å². The molecule has 0 rings (SSSR count). The van der Waals surface area contributed by atoms with Gasteiger partial charge in [-0.05, 0) is 19.5 Å².